The highest BCUT2D eigenvalue weighted by molar-refractivity contribution is 5.83. The molecule has 0 aromatic rings. The Morgan fingerprint density at radius 1 is 0.543 bits per heavy atom. The molecule has 6 amide bonds. The summed E-state index contributed by atoms with van der Waals surface area (Å²) in [5, 5.41) is 38.9. The molecule has 0 saturated heterocycles. The fraction of sp³-hybridized carbons (Fsp3) is 0.800. The van der Waals surface area contributed by atoms with E-state index < -0.39 is 29.4 Å². The molecular weight excluding hydrogens is 604 g/mol. The van der Waals surface area contributed by atoms with Gasteiger partial charge in [-0.2, -0.15) is 0 Å². The average Bonchev–Trinajstić information content (AvgIpc) is 2.98. The maximum atomic E-state index is 12.1. The van der Waals surface area contributed by atoms with Gasteiger partial charge in [0.2, 0.25) is 29.5 Å². The van der Waals surface area contributed by atoms with Crippen molar-refractivity contribution in [2.24, 2.45) is 0 Å². The van der Waals surface area contributed by atoms with E-state index in [1.807, 2.05) is 0 Å². The molecule has 0 spiro atoms. The number of amides is 6. The van der Waals surface area contributed by atoms with Crippen LogP contribution in [0.1, 0.15) is 111 Å². The van der Waals surface area contributed by atoms with Crippen LogP contribution >= 0.6 is 0 Å². The van der Waals surface area contributed by atoms with Crippen molar-refractivity contribution in [2.45, 2.75) is 117 Å². The molecule has 0 aliphatic heterocycles. The smallest absolute Gasteiger partial charge is 0.407 e. The molecule has 0 heterocycles. The van der Waals surface area contributed by atoms with Gasteiger partial charge in [-0.15, -0.1) is 0 Å². The van der Waals surface area contributed by atoms with E-state index in [1.165, 1.54) is 6.92 Å². The molecule has 0 rings (SSSR count). The summed E-state index contributed by atoms with van der Waals surface area (Å²) in [6, 6.07) is 0. The zero-order chi connectivity index (χ0) is 35.0. The van der Waals surface area contributed by atoms with E-state index in [4.69, 9.17) is 4.74 Å². The number of ether oxygens (including phenoxy) is 1. The number of nitrogens with zero attached hydrogens (tertiary/aromatic N) is 3. The minimum Gasteiger partial charge on any atom is -0.444 e. The Labute approximate surface area is 272 Å². The summed E-state index contributed by atoms with van der Waals surface area (Å²) in [7, 11) is 0. The maximum absolute atomic E-state index is 12.1. The molecule has 0 saturated carbocycles. The van der Waals surface area contributed by atoms with E-state index in [1.54, 1.807) is 20.8 Å². The molecule has 0 aliphatic carbocycles. The molecule has 0 bridgehead atoms. The molecule has 0 radical (unpaired) electrons. The second-order valence-electron chi connectivity index (χ2n) is 12.0. The van der Waals surface area contributed by atoms with Gasteiger partial charge >= 0.3 is 6.09 Å². The lowest BCUT2D eigenvalue weighted by atomic mass is 10.2. The molecule has 46 heavy (non-hydrogen) atoms. The first kappa shape index (κ1) is 42.5. The zero-order valence-corrected chi connectivity index (χ0v) is 28.0. The number of rotatable bonds is 24. The minimum atomic E-state index is -0.566. The molecular formula is C30H56N6O10. The normalized spacial score (nSPS) is 10.9. The summed E-state index contributed by atoms with van der Waals surface area (Å²) in [6.45, 7) is 8.24. The van der Waals surface area contributed by atoms with Crippen LogP contribution in [0.25, 0.3) is 0 Å². The van der Waals surface area contributed by atoms with E-state index >= 15 is 0 Å². The molecule has 6 N–H and O–H groups in total. The van der Waals surface area contributed by atoms with Crippen molar-refractivity contribution in [2.75, 3.05) is 39.3 Å². The molecule has 0 aliphatic rings. The quantitative estimate of drug-likeness (QED) is 0.0505. The number of alkyl carbamates (subject to hydrolysis) is 1. The van der Waals surface area contributed by atoms with Crippen LogP contribution < -0.4 is 16.0 Å². The number of unbranched alkanes of at least 4 members (excludes halogenated alkanes) is 6. The SMILES string of the molecule is CC(=O)N(O)CCCCCNC(=O)CCC(=O)N(O)CCCCCNC(=O)CCC(=O)N(O)CCCCCNC(=O)OC(C)(C)C. The molecule has 0 aromatic carbocycles. The lowest BCUT2D eigenvalue weighted by Gasteiger charge is -2.19. The maximum Gasteiger partial charge on any atom is 0.407 e. The summed E-state index contributed by atoms with van der Waals surface area (Å²) in [5.41, 5.74) is -0.566. The Kier molecular flexibility index (Phi) is 22.8. The van der Waals surface area contributed by atoms with Gasteiger partial charge < -0.3 is 20.7 Å². The largest absolute Gasteiger partial charge is 0.444 e. The van der Waals surface area contributed by atoms with E-state index in [-0.39, 0.29) is 57.1 Å². The molecule has 266 valence electrons. The zero-order valence-electron chi connectivity index (χ0n) is 28.0. The lowest BCUT2D eigenvalue weighted by Crippen LogP contribution is -2.33. The van der Waals surface area contributed by atoms with Gasteiger partial charge in [-0.1, -0.05) is 0 Å². The topological polar surface area (TPSA) is 218 Å². The summed E-state index contributed by atoms with van der Waals surface area (Å²) in [6.07, 6.45) is 4.70. The number of hydroxylamine groups is 6. The third kappa shape index (κ3) is 24.8. The van der Waals surface area contributed by atoms with Gasteiger partial charge in [0.25, 0.3) is 0 Å². The second-order valence-corrected chi connectivity index (χ2v) is 12.0. The Hall–Kier alpha value is -3.50. The highest BCUT2D eigenvalue weighted by atomic mass is 16.6. The van der Waals surface area contributed by atoms with E-state index in [2.05, 4.69) is 16.0 Å². The predicted octanol–water partition coefficient (Wildman–Crippen LogP) is 2.49. The van der Waals surface area contributed by atoms with Crippen molar-refractivity contribution in [1.29, 1.82) is 0 Å². The van der Waals surface area contributed by atoms with Crippen LogP contribution in [0.4, 0.5) is 4.79 Å². The summed E-state index contributed by atoms with van der Waals surface area (Å²) in [4.78, 5) is 70.5. The fourth-order valence-electron chi connectivity index (χ4n) is 3.93. The number of hydrogen-bond acceptors (Lipinski definition) is 10. The van der Waals surface area contributed by atoms with E-state index in [0.717, 1.165) is 0 Å². The first-order valence-electron chi connectivity index (χ1n) is 16.1. The first-order valence-corrected chi connectivity index (χ1v) is 16.1. The Bertz CT molecular complexity index is 944. The van der Waals surface area contributed by atoms with Gasteiger partial charge in [0.15, 0.2) is 0 Å². The highest BCUT2D eigenvalue weighted by Crippen LogP contribution is 2.07. The molecule has 0 fully saturated rings. The minimum absolute atomic E-state index is 0.0533. The predicted molar refractivity (Wildman–Crippen MR) is 166 cm³/mol. The average molecular weight is 661 g/mol. The summed E-state index contributed by atoms with van der Waals surface area (Å²) < 4.78 is 5.14. The van der Waals surface area contributed by atoms with Crippen molar-refractivity contribution in [3.63, 3.8) is 0 Å². The third-order valence-corrected chi connectivity index (χ3v) is 6.52. The van der Waals surface area contributed by atoms with Crippen LogP contribution in [0.2, 0.25) is 0 Å². The van der Waals surface area contributed by atoms with Crippen LogP contribution in [-0.2, 0) is 28.7 Å². The van der Waals surface area contributed by atoms with Crippen LogP contribution in [-0.4, -0.2) is 111 Å². The Balaban J connectivity index is 3.79. The van der Waals surface area contributed by atoms with Gasteiger partial charge in [-0.25, -0.2) is 20.0 Å². The molecule has 0 atom stereocenters. The van der Waals surface area contributed by atoms with Crippen molar-refractivity contribution in [3.05, 3.63) is 0 Å². The molecule has 0 unspecified atom stereocenters. The van der Waals surface area contributed by atoms with Crippen molar-refractivity contribution in [1.82, 2.24) is 31.1 Å². The van der Waals surface area contributed by atoms with Crippen LogP contribution in [0.15, 0.2) is 0 Å². The van der Waals surface area contributed by atoms with Gasteiger partial charge in [-0.05, 0) is 78.6 Å². The van der Waals surface area contributed by atoms with Crippen molar-refractivity contribution >= 4 is 35.6 Å². The fourth-order valence-corrected chi connectivity index (χ4v) is 3.93. The van der Waals surface area contributed by atoms with Crippen molar-refractivity contribution < 1.29 is 49.1 Å². The second kappa shape index (κ2) is 24.7. The van der Waals surface area contributed by atoms with Gasteiger partial charge in [0.1, 0.15) is 5.60 Å². The molecule has 16 nitrogen and oxygen atoms in total. The number of carbonyl (C=O) groups excluding carboxylic acids is 6. The van der Waals surface area contributed by atoms with Gasteiger partial charge in [-0.3, -0.25) is 39.6 Å². The first-order chi connectivity index (χ1) is 21.6. The number of carbonyl (C=O) groups is 6. The standard InChI is InChI=1S/C30H56N6O10/c1-24(37)34(43)21-11-5-8-18-31-25(38)14-16-27(40)35(44)22-12-6-9-19-32-26(39)15-17-28(41)36(45)23-13-7-10-20-33-29(42)46-30(2,3)4/h43-45H,5-23H2,1-4H3,(H,31,38)(H,32,39)(H,33,42). The summed E-state index contributed by atoms with van der Waals surface area (Å²) in [5.74, 6) is -2.17. The van der Waals surface area contributed by atoms with Crippen LogP contribution in [0, 0.1) is 0 Å². The molecule has 16 heteroatoms. The third-order valence-electron chi connectivity index (χ3n) is 6.52. The van der Waals surface area contributed by atoms with Crippen LogP contribution in [0.3, 0.4) is 0 Å². The molecule has 0 aromatic heterocycles. The van der Waals surface area contributed by atoms with E-state index in [0.29, 0.717) is 92.6 Å². The Morgan fingerprint density at radius 2 is 0.913 bits per heavy atom. The van der Waals surface area contributed by atoms with E-state index in [9.17, 15) is 44.4 Å². The summed E-state index contributed by atoms with van der Waals surface area (Å²) >= 11 is 0. The monoisotopic (exact) mass is 660 g/mol. The highest BCUT2D eigenvalue weighted by Gasteiger charge is 2.16. The number of nitrogens with one attached hydrogen (secondary N) is 3. The van der Waals surface area contributed by atoms with Crippen molar-refractivity contribution in [3.8, 4) is 0 Å². The lowest BCUT2D eigenvalue weighted by molar-refractivity contribution is -0.166. The van der Waals surface area contributed by atoms with Gasteiger partial charge in [0.05, 0.1) is 0 Å². The van der Waals surface area contributed by atoms with Gasteiger partial charge in [0, 0.05) is 71.9 Å². The number of hydrogen-bond donors (Lipinski definition) is 6. The Morgan fingerprint density at radius 3 is 1.28 bits per heavy atom. The van der Waals surface area contributed by atoms with Crippen LogP contribution in [0.5, 0.6) is 0 Å².